The molecule has 0 amide bonds. The zero-order valence-corrected chi connectivity index (χ0v) is 11.1. The van der Waals surface area contributed by atoms with Crippen molar-refractivity contribution >= 4 is 9.84 Å². The van der Waals surface area contributed by atoms with Crippen LogP contribution in [0.25, 0.3) is 0 Å². The molecule has 1 rings (SSSR count). The van der Waals surface area contributed by atoms with Gasteiger partial charge in [-0.3, -0.25) is 0 Å². The van der Waals surface area contributed by atoms with Crippen LogP contribution in [-0.2, 0) is 9.84 Å². The molecule has 0 aromatic heterocycles. The molecule has 0 radical (unpaired) electrons. The summed E-state index contributed by atoms with van der Waals surface area (Å²) in [7, 11) is -2.69. The van der Waals surface area contributed by atoms with E-state index in [1.165, 1.54) is 0 Å². The maximum absolute atomic E-state index is 11.2. The molecule has 1 fully saturated rings. The predicted octanol–water partition coefficient (Wildman–Crippen LogP) is 0.399. The molecule has 2 N–H and O–H groups in total. The first kappa shape index (κ1) is 13.9. The number of hydrogen-bond donors (Lipinski definition) is 2. The molecule has 1 atom stereocenters. The van der Waals surface area contributed by atoms with E-state index >= 15 is 0 Å². The lowest BCUT2D eigenvalue weighted by Gasteiger charge is -2.10. The summed E-state index contributed by atoms with van der Waals surface area (Å²) in [6, 6.07) is 0.529. The monoisotopic (exact) mass is 248 g/mol. The third-order valence-corrected chi connectivity index (χ3v) is 4.75. The van der Waals surface area contributed by atoms with Crippen LogP contribution in [0.1, 0.15) is 26.7 Å². The number of rotatable bonds is 7. The van der Waals surface area contributed by atoms with Gasteiger partial charge in [0, 0.05) is 19.1 Å². The predicted molar refractivity (Wildman–Crippen MR) is 67.4 cm³/mol. The van der Waals surface area contributed by atoms with Crippen molar-refractivity contribution in [1.82, 2.24) is 10.6 Å². The molecule has 16 heavy (non-hydrogen) atoms. The molecule has 96 valence electrons. The first-order valence-electron chi connectivity index (χ1n) is 6.14. The molecule has 1 heterocycles. The minimum atomic E-state index is -2.69. The number of sulfone groups is 1. The quantitative estimate of drug-likeness (QED) is 0.640. The minimum absolute atomic E-state index is 0.385. The highest BCUT2D eigenvalue weighted by atomic mass is 32.2. The number of hydrogen-bond acceptors (Lipinski definition) is 4. The lowest BCUT2D eigenvalue weighted by atomic mass is 10.1. The topological polar surface area (TPSA) is 58.2 Å². The van der Waals surface area contributed by atoms with Crippen molar-refractivity contribution < 1.29 is 8.42 Å². The lowest BCUT2D eigenvalue weighted by molar-refractivity contribution is 0.494. The Balaban J connectivity index is 1.96. The summed E-state index contributed by atoms with van der Waals surface area (Å²) in [6.07, 6.45) is 1.84. The van der Waals surface area contributed by atoms with Crippen LogP contribution in [0.2, 0.25) is 0 Å². The Morgan fingerprint density at radius 1 is 1.25 bits per heavy atom. The van der Waals surface area contributed by atoms with Crippen molar-refractivity contribution in [1.29, 1.82) is 0 Å². The van der Waals surface area contributed by atoms with Crippen molar-refractivity contribution in [3.63, 3.8) is 0 Å². The smallest absolute Gasteiger partial charge is 0.150 e. The molecule has 1 aliphatic heterocycles. The first-order valence-corrected chi connectivity index (χ1v) is 7.96. The van der Waals surface area contributed by atoms with Gasteiger partial charge in [0.25, 0.3) is 0 Å². The van der Waals surface area contributed by atoms with Crippen LogP contribution < -0.4 is 10.6 Å². The van der Waals surface area contributed by atoms with E-state index in [1.54, 1.807) is 0 Å². The van der Waals surface area contributed by atoms with Crippen LogP contribution in [0.4, 0.5) is 0 Å². The van der Waals surface area contributed by atoms with Gasteiger partial charge in [-0.1, -0.05) is 13.8 Å². The highest BCUT2D eigenvalue weighted by Gasteiger charge is 2.26. The summed E-state index contributed by atoms with van der Waals surface area (Å²) in [5, 5.41) is 6.67. The van der Waals surface area contributed by atoms with E-state index in [0.717, 1.165) is 32.5 Å². The maximum Gasteiger partial charge on any atom is 0.150 e. The third-order valence-electron chi connectivity index (χ3n) is 2.91. The van der Waals surface area contributed by atoms with E-state index in [0.29, 0.717) is 23.5 Å². The highest BCUT2D eigenvalue weighted by molar-refractivity contribution is 7.91. The first-order chi connectivity index (χ1) is 7.49. The molecule has 0 aromatic carbocycles. The van der Waals surface area contributed by atoms with Crippen molar-refractivity contribution in [3.8, 4) is 0 Å². The van der Waals surface area contributed by atoms with Gasteiger partial charge in [-0.2, -0.15) is 0 Å². The Morgan fingerprint density at radius 2 is 2.00 bits per heavy atom. The average Bonchev–Trinajstić information content (AvgIpc) is 2.51. The van der Waals surface area contributed by atoms with E-state index in [-0.39, 0.29) is 0 Å². The molecule has 1 aliphatic rings. The van der Waals surface area contributed by atoms with E-state index in [9.17, 15) is 8.42 Å². The third kappa shape index (κ3) is 5.82. The molecule has 0 aliphatic carbocycles. The summed E-state index contributed by atoms with van der Waals surface area (Å²) in [4.78, 5) is 0. The van der Waals surface area contributed by atoms with Gasteiger partial charge >= 0.3 is 0 Å². The van der Waals surface area contributed by atoms with Gasteiger partial charge in [0.2, 0.25) is 0 Å². The van der Waals surface area contributed by atoms with Crippen molar-refractivity contribution in [2.45, 2.75) is 32.7 Å². The summed E-state index contributed by atoms with van der Waals surface area (Å²) >= 11 is 0. The second-order valence-electron chi connectivity index (χ2n) is 4.92. The summed E-state index contributed by atoms with van der Waals surface area (Å²) < 4.78 is 22.4. The fourth-order valence-electron chi connectivity index (χ4n) is 1.98. The van der Waals surface area contributed by atoms with Crippen LogP contribution in [0, 0.1) is 5.92 Å². The van der Waals surface area contributed by atoms with Gasteiger partial charge in [0.05, 0.1) is 11.5 Å². The summed E-state index contributed by atoms with van der Waals surface area (Å²) in [6.45, 7) is 7.12. The summed E-state index contributed by atoms with van der Waals surface area (Å²) in [5.41, 5.74) is 0. The van der Waals surface area contributed by atoms with Gasteiger partial charge in [0.15, 0.2) is 9.84 Å². The zero-order valence-electron chi connectivity index (χ0n) is 10.3. The zero-order chi connectivity index (χ0) is 12.0. The fourth-order valence-corrected chi connectivity index (χ4v) is 3.89. The molecule has 0 aromatic rings. The Morgan fingerprint density at radius 3 is 2.56 bits per heavy atom. The second-order valence-corrected chi connectivity index (χ2v) is 7.15. The maximum atomic E-state index is 11.2. The van der Waals surface area contributed by atoms with Crippen LogP contribution in [-0.4, -0.2) is 45.6 Å². The molecule has 4 nitrogen and oxygen atoms in total. The Labute approximate surface area is 99.1 Å². The molecule has 0 spiro atoms. The van der Waals surface area contributed by atoms with Crippen LogP contribution in [0.15, 0.2) is 0 Å². The van der Waals surface area contributed by atoms with E-state index in [2.05, 4.69) is 24.5 Å². The van der Waals surface area contributed by atoms with Gasteiger partial charge in [-0.25, -0.2) is 8.42 Å². The SMILES string of the molecule is CC(C)NCCNCCC1CCS(=O)(=O)C1. The largest absolute Gasteiger partial charge is 0.315 e. The molecule has 0 saturated carbocycles. The Hall–Kier alpha value is -0.130. The van der Waals surface area contributed by atoms with Gasteiger partial charge in [-0.15, -0.1) is 0 Å². The fraction of sp³-hybridized carbons (Fsp3) is 1.00. The van der Waals surface area contributed by atoms with E-state index in [1.807, 2.05) is 0 Å². The van der Waals surface area contributed by atoms with Crippen LogP contribution in [0.3, 0.4) is 0 Å². The van der Waals surface area contributed by atoms with Gasteiger partial charge in [-0.05, 0) is 25.3 Å². The van der Waals surface area contributed by atoms with Crippen molar-refractivity contribution in [2.75, 3.05) is 31.1 Å². The Kier molecular flexibility index (Phi) is 5.72. The molecule has 1 unspecified atom stereocenters. The van der Waals surface area contributed by atoms with E-state index in [4.69, 9.17) is 0 Å². The van der Waals surface area contributed by atoms with E-state index < -0.39 is 9.84 Å². The normalized spacial score (nSPS) is 24.1. The lowest BCUT2D eigenvalue weighted by Crippen LogP contribution is -2.32. The number of nitrogens with one attached hydrogen (secondary N) is 2. The van der Waals surface area contributed by atoms with Crippen molar-refractivity contribution in [2.24, 2.45) is 5.92 Å². The standard InChI is InChI=1S/C11H24N2O2S/c1-10(2)13-7-6-12-5-3-11-4-8-16(14,15)9-11/h10-13H,3-9H2,1-2H3. The second kappa shape index (κ2) is 6.57. The molecular formula is C11H24N2O2S. The molecule has 5 heteroatoms. The average molecular weight is 248 g/mol. The van der Waals surface area contributed by atoms with Crippen LogP contribution >= 0.6 is 0 Å². The minimum Gasteiger partial charge on any atom is -0.315 e. The highest BCUT2D eigenvalue weighted by Crippen LogP contribution is 2.20. The summed E-state index contributed by atoms with van der Waals surface area (Å²) in [5.74, 6) is 1.18. The molecular weight excluding hydrogens is 224 g/mol. The molecule has 1 saturated heterocycles. The van der Waals surface area contributed by atoms with Crippen LogP contribution in [0.5, 0.6) is 0 Å². The Bertz CT molecular complexity index is 288. The van der Waals surface area contributed by atoms with Gasteiger partial charge < -0.3 is 10.6 Å². The molecule has 0 bridgehead atoms. The van der Waals surface area contributed by atoms with Gasteiger partial charge in [0.1, 0.15) is 0 Å². The van der Waals surface area contributed by atoms with Crippen molar-refractivity contribution in [3.05, 3.63) is 0 Å².